The van der Waals surface area contributed by atoms with Crippen molar-refractivity contribution in [2.24, 2.45) is 0 Å². The van der Waals surface area contributed by atoms with Gasteiger partial charge in [-0.2, -0.15) is 0 Å². The molecule has 1 atom stereocenters. The molecule has 0 saturated carbocycles. The minimum atomic E-state index is 0.0619. The molecule has 0 aliphatic carbocycles. The molecule has 0 bridgehead atoms. The summed E-state index contributed by atoms with van der Waals surface area (Å²) >= 11 is 5.40. The van der Waals surface area contributed by atoms with E-state index in [1.807, 2.05) is 12.1 Å². The van der Waals surface area contributed by atoms with Gasteiger partial charge in [-0.1, -0.05) is 15.9 Å². The van der Waals surface area contributed by atoms with Crippen LogP contribution in [-0.4, -0.2) is 18.1 Å². The molecule has 0 saturated heterocycles. The first-order chi connectivity index (χ1) is 9.92. The van der Waals surface area contributed by atoms with Crippen molar-refractivity contribution in [3.05, 3.63) is 43.8 Å². The van der Waals surface area contributed by atoms with Crippen LogP contribution in [0.25, 0.3) is 0 Å². The van der Waals surface area contributed by atoms with E-state index in [1.54, 1.807) is 18.4 Å². The molecule has 1 unspecified atom stereocenters. The lowest BCUT2D eigenvalue weighted by atomic mass is 10.1. The quantitative estimate of drug-likeness (QED) is 0.835. The molecule has 0 aliphatic rings. The number of hydrogen-bond acceptors (Lipinski definition) is 4. The summed E-state index contributed by atoms with van der Waals surface area (Å²) in [5, 5.41) is 4.70. The second-order valence-corrected chi connectivity index (χ2v) is 7.42. The minimum absolute atomic E-state index is 0.0619. The summed E-state index contributed by atoms with van der Waals surface area (Å²) in [5.41, 5.74) is 2.25. The third-order valence-corrected chi connectivity index (χ3v) is 5.17. The molecule has 1 heterocycles. The van der Waals surface area contributed by atoms with Crippen molar-refractivity contribution in [3.63, 3.8) is 0 Å². The summed E-state index contributed by atoms with van der Waals surface area (Å²) in [6, 6.07) is 6.47. The van der Waals surface area contributed by atoms with Crippen molar-refractivity contribution >= 4 is 27.3 Å². The summed E-state index contributed by atoms with van der Waals surface area (Å²) in [6.07, 6.45) is 0. The van der Waals surface area contributed by atoms with Crippen LogP contribution in [0.4, 0.5) is 0 Å². The third kappa shape index (κ3) is 3.84. The number of nitrogens with one attached hydrogen (secondary N) is 1. The zero-order valence-corrected chi connectivity index (χ0v) is 15.4. The maximum absolute atomic E-state index is 5.36. The van der Waals surface area contributed by atoms with E-state index in [4.69, 9.17) is 9.72 Å². The molecule has 1 aromatic carbocycles. The Hall–Kier alpha value is -0.910. The molecule has 0 aliphatic heterocycles. The van der Waals surface area contributed by atoms with Crippen molar-refractivity contribution in [1.82, 2.24) is 10.3 Å². The van der Waals surface area contributed by atoms with Crippen LogP contribution in [0.15, 0.2) is 22.7 Å². The number of methoxy groups -OCH3 is 1. The predicted molar refractivity (Wildman–Crippen MR) is 92.4 cm³/mol. The molecule has 0 amide bonds. The number of halogens is 1. The summed E-state index contributed by atoms with van der Waals surface area (Å²) in [5.74, 6) is 0.855. The monoisotopic (exact) mass is 368 g/mol. The molecule has 2 rings (SSSR count). The van der Waals surface area contributed by atoms with Gasteiger partial charge in [0.15, 0.2) is 0 Å². The average molecular weight is 369 g/mol. The highest BCUT2D eigenvalue weighted by atomic mass is 79.9. The number of aryl methyl sites for hydroxylation is 2. The Bertz CT molecular complexity index is 605. The van der Waals surface area contributed by atoms with E-state index >= 15 is 0 Å². The Morgan fingerprint density at radius 2 is 2.00 bits per heavy atom. The fourth-order valence-electron chi connectivity index (χ4n) is 2.12. The molecule has 5 heteroatoms. The number of aromatic nitrogens is 1. The second-order valence-electron chi connectivity index (χ2n) is 5.34. The van der Waals surface area contributed by atoms with E-state index in [0.717, 1.165) is 26.5 Å². The molecule has 2 aromatic rings. The van der Waals surface area contributed by atoms with Gasteiger partial charge < -0.3 is 10.1 Å². The number of thiazole rings is 1. The molecule has 114 valence electrons. The van der Waals surface area contributed by atoms with E-state index in [1.165, 1.54) is 4.88 Å². The van der Waals surface area contributed by atoms with Crippen LogP contribution in [0.3, 0.4) is 0 Å². The lowest BCUT2D eigenvalue weighted by molar-refractivity contribution is 0.413. The van der Waals surface area contributed by atoms with E-state index in [9.17, 15) is 0 Å². The second kappa shape index (κ2) is 6.90. The first-order valence-corrected chi connectivity index (χ1v) is 8.56. The Morgan fingerprint density at radius 1 is 1.29 bits per heavy atom. The van der Waals surface area contributed by atoms with Gasteiger partial charge in [-0.3, -0.25) is 0 Å². The highest BCUT2D eigenvalue weighted by Crippen LogP contribution is 2.34. The van der Waals surface area contributed by atoms with Crippen LogP contribution in [-0.2, 0) is 0 Å². The maximum atomic E-state index is 5.36. The summed E-state index contributed by atoms with van der Waals surface area (Å²) < 4.78 is 6.43. The van der Waals surface area contributed by atoms with E-state index in [-0.39, 0.29) is 6.04 Å². The van der Waals surface area contributed by atoms with Crippen LogP contribution in [0.5, 0.6) is 5.75 Å². The summed E-state index contributed by atoms with van der Waals surface area (Å²) in [6.45, 7) is 8.47. The van der Waals surface area contributed by atoms with Crippen LogP contribution in [0.2, 0.25) is 0 Å². The molecule has 3 nitrogen and oxygen atoms in total. The predicted octanol–water partition coefficient (Wildman–Crippen LogP) is 4.62. The average Bonchev–Trinajstić information content (AvgIpc) is 2.76. The molecule has 0 radical (unpaired) electrons. The normalized spacial score (nSPS) is 12.7. The Labute approximate surface area is 138 Å². The van der Waals surface area contributed by atoms with Crippen molar-refractivity contribution < 1.29 is 4.74 Å². The molecule has 0 spiro atoms. The molecule has 1 aromatic heterocycles. The van der Waals surface area contributed by atoms with Gasteiger partial charge >= 0.3 is 0 Å². The maximum Gasteiger partial charge on any atom is 0.119 e. The number of nitrogens with zero attached hydrogens (tertiary/aromatic N) is 1. The highest BCUT2D eigenvalue weighted by Gasteiger charge is 2.22. The standard InChI is InChI=1S/C16H21BrN2OS/c1-9(2)18-15(16-19-10(3)11(4)21-16)13-8-12(20-5)6-7-14(13)17/h6-9,15,18H,1-5H3. The fourth-order valence-corrected chi connectivity index (χ4v) is 3.60. The fraction of sp³-hybridized carbons (Fsp3) is 0.438. The lowest BCUT2D eigenvalue weighted by Gasteiger charge is -2.21. The van der Waals surface area contributed by atoms with Gasteiger partial charge in [0.2, 0.25) is 0 Å². The van der Waals surface area contributed by atoms with Gasteiger partial charge in [0.1, 0.15) is 10.8 Å². The largest absolute Gasteiger partial charge is 0.497 e. The Morgan fingerprint density at radius 3 is 2.52 bits per heavy atom. The lowest BCUT2D eigenvalue weighted by Crippen LogP contribution is -2.29. The number of benzene rings is 1. The zero-order valence-electron chi connectivity index (χ0n) is 13.0. The van der Waals surface area contributed by atoms with E-state index in [2.05, 4.69) is 55.0 Å². The van der Waals surface area contributed by atoms with Crippen LogP contribution in [0.1, 0.15) is 41.0 Å². The van der Waals surface area contributed by atoms with Crippen molar-refractivity contribution in [1.29, 1.82) is 0 Å². The SMILES string of the molecule is COc1ccc(Br)c(C(NC(C)C)c2nc(C)c(C)s2)c1. The first-order valence-electron chi connectivity index (χ1n) is 6.95. The molecule has 1 N–H and O–H groups in total. The minimum Gasteiger partial charge on any atom is -0.497 e. The number of rotatable bonds is 5. The summed E-state index contributed by atoms with van der Waals surface area (Å²) in [7, 11) is 1.69. The Kier molecular flexibility index (Phi) is 5.41. The first kappa shape index (κ1) is 16.5. The van der Waals surface area contributed by atoms with Gasteiger partial charge in [-0.15, -0.1) is 11.3 Å². The van der Waals surface area contributed by atoms with Crippen molar-refractivity contribution in [3.8, 4) is 5.75 Å². The Balaban J connectivity index is 2.49. The van der Waals surface area contributed by atoms with Gasteiger partial charge in [0.25, 0.3) is 0 Å². The van der Waals surface area contributed by atoms with Gasteiger partial charge in [0.05, 0.1) is 18.8 Å². The summed E-state index contributed by atoms with van der Waals surface area (Å²) in [4.78, 5) is 5.99. The molecular weight excluding hydrogens is 348 g/mol. The van der Waals surface area contributed by atoms with E-state index < -0.39 is 0 Å². The van der Waals surface area contributed by atoms with Gasteiger partial charge in [0, 0.05) is 15.4 Å². The smallest absolute Gasteiger partial charge is 0.119 e. The topological polar surface area (TPSA) is 34.1 Å². The van der Waals surface area contributed by atoms with Gasteiger partial charge in [-0.05, 0) is 51.5 Å². The molecular formula is C16H21BrN2OS. The van der Waals surface area contributed by atoms with Crippen molar-refractivity contribution in [2.75, 3.05) is 7.11 Å². The highest BCUT2D eigenvalue weighted by molar-refractivity contribution is 9.10. The third-order valence-electron chi connectivity index (χ3n) is 3.31. The van der Waals surface area contributed by atoms with Crippen molar-refractivity contribution in [2.45, 2.75) is 39.8 Å². The van der Waals surface area contributed by atoms with E-state index in [0.29, 0.717) is 6.04 Å². The number of hydrogen-bond donors (Lipinski definition) is 1. The molecule has 0 fully saturated rings. The van der Waals surface area contributed by atoms with Crippen LogP contribution >= 0.6 is 27.3 Å². The van der Waals surface area contributed by atoms with Crippen LogP contribution < -0.4 is 10.1 Å². The van der Waals surface area contributed by atoms with Crippen LogP contribution in [0, 0.1) is 13.8 Å². The zero-order chi connectivity index (χ0) is 15.6. The molecule has 21 heavy (non-hydrogen) atoms. The number of ether oxygens (including phenoxy) is 1. The van der Waals surface area contributed by atoms with Gasteiger partial charge in [-0.25, -0.2) is 4.98 Å².